The fourth-order valence-electron chi connectivity index (χ4n) is 1.89. The topological polar surface area (TPSA) is 52.3 Å². The van der Waals surface area contributed by atoms with Gasteiger partial charge in [-0.15, -0.1) is 0 Å². The van der Waals surface area contributed by atoms with Crippen molar-refractivity contribution in [1.82, 2.24) is 0 Å². The van der Waals surface area contributed by atoms with Crippen LogP contribution in [0.3, 0.4) is 0 Å². The molecular formula is C13H18FNO2. The number of nitrogens with two attached hydrogens (primary N) is 1. The summed E-state index contributed by atoms with van der Waals surface area (Å²) in [5.74, 6) is -0.800. The molecule has 0 aliphatic rings. The van der Waals surface area contributed by atoms with Crippen LogP contribution in [0.1, 0.15) is 25.0 Å². The van der Waals surface area contributed by atoms with E-state index in [-0.39, 0.29) is 5.82 Å². The maximum atomic E-state index is 13.5. The van der Waals surface area contributed by atoms with Gasteiger partial charge in [-0.1, -0.05) is 26.0 Å². The van der Waals surface area contributed by atoms with Crippen molar-refractivity contribution in [2.75, 3.05) is 7.11 Å². The first-order valence-electron chi connectivity index (χ1n) is 5.41. The summed E-state index contributed by atoms with van der Waals surface area (Å²) in [6.45, 7) is 5.28. The van der Waals surface area contributed by atoms with E-state index in [0.717, 1.165) is 5.56 Å². The molecule has 0 saturated carbocycles. The number of methoxy groups -OCH3 is 1. The SMILES string of the molecule is COC(=O)C(N)C(C)(C)c1cccc(F)c1C. The van der Waals surface area contributed by atoms with E-state index in [1.165, 1.54) is 13.2 Å². The van der Waals surface area contributed by atoms with Crippen molar-refractivity contribution < 1.29 is 13.9 Å². The van der Waals surface area contributed by atoms with Gasteiger partial charge in [0.05, 0.1) is 7.11 Å². The second-order valence-corrected chi connectivity index (χ2v) is 4.63. The smallest absolute Gasteiger partial charge is 0.323 e. The van der Waals surface area contributed by atoms with Gasteiger partial charge in [0.1, 0.15) is 11.9 Å². The molecule has 0 amide bonds. The lowest BCUT2D eigenvalue weighted by Crippen LogP contribution is -2.47. The van der Waals surface area contributed by atoms with E-state index >= 15 is 0 Å². The van der Waals surface area contributed by atoms with Crippen molar-refractivity contribution in [1.29, 1.82) is 0 Å². The molecule has 0 fully saturated rings. The highest BCUT2D eigenvalue weighted by Gasteiger charge is 2.35. The zero-order valence-electron chi connectivity index (χ0n) is 10.6. The van der Waals surface area contributed by atoms with Crippen molar-refractivity contribution in [3.8, 4) is 0 Å². The third-order valence-electron chi connectivity index (χ3n) is 3.19. The van der Waals surface area contributed by atoms with Crippen LogP contribution in [0.25, 0.3) is 0 Å². The quantitative estimate of drug-likeness (QED) is 0.820. The molecule has 0 bridgehead atoms. The summed E-state index contributed by atoms with van der Waals surface area (Å²) in [6.07, 6.45) is 0. The fraction of sp³-hybridized carbons (Fsp3) is 0.462. The highest BCUT2D eigenvalue weighted by atomic mass is 19.1. The van der Waals surface area contributed by atoms with Crippen LogP contribution in [0, 0.1) is 12.7 Å². The molecule has 0 spiro atoms. The number of halogens is 1. The van der Waals surface area contributed by atoms with Gasteiger partial charge in [0.15, 0.2) is 0 Å². The van der Waals surface area contributed by atoms with E-state index in [9.17, 15) is 9.18 Å². The Morgan fingerprint density at radius 1 is 1.47 bits per heavy atom. The number of hydrogen-bond donors (Lipinski definition) is 1. The molecule has 0 aliphatic heterocycles. The maximum Gasteiger partial charge on any atom is 0.323 e. The minimum atomic E-state index is -0.826. The van der Waals surface area contributed by atoms with Crippen LogP contribution in [0.15, 0.2) is 18.2 Å². The molecular weight excluding hydrogens is 221 g/mol. The average molecular weight is 239 g/mol. The van der Waals surface area contributed by atoms with Gasteiger partial charge >= 0.3 is 5.97 Å². The summed E-state index contributed by atoms with van der Waals surface area (Å²) >= 11 is 0. The third kappa shape index (κ3) is 2.47. The standard InChI is InChI=1S/C13H18FNO2/c1-8-9(6-5-7-10(8)14)13(2,3)11(15)12(16)17-4/h5-7,11H,15H2,1-4H3. The van der Waals surface area contributed by atoms with Crippen molar-refractivity contribution in [3.63, 3.8) is 0 Å². The predicted molar refractivity (Wildman–Crippen MR) is 64.2 cm³/mol. The monoisotopic (exact) mass is 239 g/mol. The van der Waals surface area contributed by atoms with Crippen LogP contribution in [0.2, 0.25) is 0 Å². The highest BCUT2D eigenvalue weighted by molar-refractivity contribution is 5.77. The summed E-state index contributed by atoms with van der Waals surface area (Å²) in [6, 6.07) is 3.96. The van der Waals surface area contributed by atoms with Gasteiger partial charge in [-0.05, 0) is 24.1 Å². The molecule has 2 N–H and O–H groups in total. The first-order chi connectivity index (χ1) is 7.82. The molecule has 4 heteroatoms. The van der Waals surface area contributed by atoms with Crippen molar-refractivity contribution in [2.24, 2.45) is 5.73 Å². The van der Waals surface area contributed by atoms with Crippen LogP contribution in [-0.2, 0) is 14.9 Å². The molecule has 1 rings (SSSR count). The lowest BCUT2D eigenvalue weighted by Gasteiger charge is -2.31. The first kappa shape index (κ1) is 13.6. The Morgan fingerprint density at radius 3 is 2.59 bits per heavy atom. The average Bonchev–Trinajstić information content (AvgIpc) is 2.30. The van der Waals surface area contributed by atoms with Crippen LogP contribution in [0.4, 0.5) is 4.39 Å². The van der Waals surface area contributed by atoms with Gasteiger partial charge in [-0.25, -0.2) is 4.39 Å². The van der Waals surface area contributed by atoms with E-state index in [0.29, 0.717) is 5.56 Å². The van der Waals surface area contributed by atoms with E-state index in [1.807, 2.05) is 0 Å². The Labute approximate surface area is 101 Å². The first-order valence-corrected chi connectivity index (χ1v) is 5.41. The van der Waals surface area contributed by atoms with Gasteiger partial charge < -0.3 is 10.5 Å². The second kappa shape index (κ2) is 4.84. The Bertz CT molecular complexity index is 429. The second-order valence-electron chi connectivity index (χ2n) is 4.63. The minimum Gasteiger partial charge on any atom is -0.468 e. The number of ether oxygens (including phenoxy) is 1. The lowest BCUT2D eigenvalue weighted by atomic mass is 9.76. The molecule has 0 saturated heterocycles. The van der Waals surface area contributed by atoms with E-state index in [2.05, 4.69) is 4.74 Å². The summed E-state index contributed by atoms with van der Waals surface area (Å²) in [4.78, 5) is 11.5. The molecule has 1 aromatic carbocycles. The van der Waals surface area contributed by atoms with Crippen LogP contribution in [0.5, 0.6) is 0 Å². The third-order valence-corrected chi connectivity index (χ3v) is 3.19. The molecule has 3 nitrogen and oxygen atoms in total. The molecule has 0 aliphatic carbocycles. The molecule has 1 atom stereocenters. The largest absolute Gasteiger partial charge is 0.468 e. The Balaban J connectivity index is 3.21. The molecule has 0 aromatic heterocycles. The molecule has 0 heterocycles. The van der Waals surface area contributed by atoms with Crippen LogP contribution in [-0.4, -0.2) is 19.1 Å². The summed E-state index contributed by atoms with van der Waals surface area (Å²) in [5, 5.41) is 0. The Hall–Kier alpha value is -1.42. The molecule has 0 radical (unpaired) electrons. The highest BCUT2D eigenvalue weighted by Crippen LogP contribution is 2.30. The van der Waals surface area contributed by atoms with Crippen molar-refractivity contribution in [2.45, 2.75) is 32.2 Å². The lowest BCUT2D eigenvalue weighted by molar-refractivity contribution is -0.143. The number of esters is 1. The summed E-state index contributed by atoms with van der Waals surface area (Å²) in [5.41, 5.74) is 6.41. The zero-order chi connectivity index (χ0) is 13.2. The summed E-state index contributed by atoms with van der Waals surface area (Å²) < 4.78 is 18.1. The maximum absolute atomic E-state index is 13.5. The van der Waals surface area contributed by atoms with Crippen molar-refractivity contribution >= 4 is 5.97 Å². The van der Waals surface area contributed by atoms with Crippen LogP contribution < -0.4 is 5.73 Å². The molecule has 1 aromatic rings. The number of rotatable bonds is 3. The van der Waals surface area contributed by atoms with Crippen LogP contribution >= 0.6 is 0 Å². The van der Waals surface area contributed by atoms with Gasteiger partial charge in [0.2, 0.25) is 0 Å². The fourth-order valence-corrected chi connectivity index (χ4v) is 1.89. The van der Waals surface area contributed by atoms with E-state index in [1.54, 1.807) is 32.9 Å². The number of hydrogen-bond acceptors (Lipinski definition) is 3. The van der Waals surface area contributed by atoms with Gasteiger partial charge in [0, 0.05) is 5.41 Å². The summed E-state index contributed by atoms with van der Waals surface area (Å²) in [7, 11) is 1.29. The number of carbonyl (C=O) groups is 1. The normalized spacial score (nSPS) is 13.3. The van der Waals surface area contributed by atoms with E-state index in [4.69, 9.17) is 5.73 Å². The molecule has 94 valence electrons. The van der Waals surface area contributed by atoms with Gasteiger partial charge in [0.25, 0.3) is 0 Å². The van der Waals surface area contributed by atoms with Gasteiger partial charge in [-0.3, -0.25) is 4.79 Å². The number of benzene rings is 1. The molecule has 17 heavy (non-hydrogen) atoms. The number of carbonyl (C=O) groups excluding carboxylic acids is 1. The Morgan fingerprint density at radius 2 is 2.06 bits per heavy atom. The molecule has 1 unspecified atom stereocenters. The van der Waals surface area contributed by atoms with Gasteiger partial charge in [-0.2, -0.15) is 0 Å². The Kier molecular flexibility index (Phi) is 3.88. The van der Waals surface area contributed by atoms with Crippen molar-refractivity contribution in [3.05, 3.63) is 35.1 Å². The zero-order valence-corrected chi connectivity index (χ0v) is 10.6. The minimum absolute atomic E-state index is 0.298. The predicted octanol–water partition coefficient (Wildman–Crippen LogP) is 1.91. The van der Waals surface area contributed by atoms with E-state index < -0.39 is 17.4 Å².